The molecule has 8 nitrogen and oxygen atoms in total. The van der Waals surface area contributed by atoms with Gasteiger partial charge in [-0.2, -0.15) is 0 Å². The maximum Gasteiger partial charge on any atom is 0.344 e. The molecule has 0 spiro atoms. The number of amides is 1. The van der Waals surface area contributed by atoms with E-state index in [1.807, 2.05) is 37.3 Å². The van der Waals surface area contributed by atoms with Gasteiger partial charge in [-0.3, -0.25) is 14.4 Å². The van der Waals surface area contributed by atoms with Crippen molar-refractivity contribution in [3.63, 3.8) is 0 Å². The van der Waals surface area contributed by atoms with E-state index < -0.39 is 36.0 Å². The molecular weight excluding hydrogens is 551 g/mol. The summed E-state index contributed by atoms with van der Waals surface area (Å²) in [5, 5.41) is 0. The van der Waals surface area contributed by atoms with Crippen LogP contribution < -0.4 is 5.73 Å². The lowest BCUT2D eigenvalue weighted by molar-refractivity contribution is -0.161. The molecule has 1 saturated carbocycles. The lowest BCUT2D eigenvalue weighted by Gasteiger charge is -2.34. The van der Waals surface area contributed by atoms with Gasteiger partial charge in [-0.25, -0.2) is 9.18 Å². The Kier molecular flexibility index (Phi) is 10.4. The molecule has 43 heavy (non-hydrogen) atoms. The average molecular weight is 595 g/mol. The summed E-state index contributed by atoms with van der Waals surface area (Å²) in [6.07, 6.45) is 3.89. The van der Waals surface area contributed by atoms with Crippen LogP contribution in [0.2, 0.25) is 0 Å². The first-order chi connectivity index (χ1) is 20.4. The molecule has 2 N–H and O–H groups in total. The fourth-order valence-corrected chi connectivity index (χ4v) is 6.18. The van der Waals surface area contributed by atoms with Gasteiger partial charge in [-0.1, -0.05) is 36.4 Å². The zero-order valence-electron chi connectivity index (χ0n) is 25.5. The van der Waals surface area contributed by atoms with E-state index >= 15 is 0 Å². The molecule has 2 aliphatic rings. The predicted molar refractivity (Wildman–Crippen MR) is 159 cm³/mol. The van der Waals surface area contributed by atoms with E-state index in [0.717, 1.165) is 37.3 Å². The molecule has 1 heterocycles. The zero-order chi connectivity index (χ0) is 31.3. The fraction of sp³-hybridized carbons (Fsp3) is 0.529. The Balaban J connectivity index is 1.46. The van der Waals surface area contributed by atoms with Gasteiger partial charge >= 0.3 is 11.9 Å². The molecule has 0 aromatic heterocycles. The van der Waals surface area contributed by atoms with Crippen molar-refractivity contribution in [3.8, 4) is 0 Å². The number of nitrogens with two attached hydrogens (primary N) is 1. The minimum Gasteiger partial charge on any atom is -0.427 e. The normalized spacial score (nSPS) is 23.0. The van der Waals surface area contributed by atoms with Crippen LogP contribution in [0.15, 0.2) is 48.5 Å². The minimum atomic E-state index is -0.979. The Bertz CT molecular complexity index is 1310. The maximum atomic E-state index is 15.0. The summed E-state index contributed by atoms with van der Waals surface area (Å²) in [7, 11) is 0. The first-order valence-electron chi connectivity index (χ1n) is 15.1. The van der Waals surface area contributed by atoms with Crippen LogP contribution in [0.1, 0.15) is 87.2 Å². The van der Waals surface area contributed by atoms with Crippen molar-refractivity contribution in [2.45, 2.75) is 84.2 Å². The van der Waals surface area contributed by atoms with Crippen molar-refractivity contribution in [1.82, 2.24) is 4.90 Å². The number of hydrogen-bond donors (Lipinski definition) is 1. The maximum absolute atomic E-state index is 15.0. The summed E-state index contributed by atoms with van der Waals surface area (Å²) in [6.45, 7) is 6.85. The Morgan fingerprint density at radius 2 is 1.65 bits per heavy atom. The van der Waals surface area contributed by atoms with Gasteiger partial charge in [0, 0.05) is 30.8 Å². The van der Waals surface area contributed by atoms with Crippen LogP contribution >= 0.6 is 0 Å². The highest BCUT2D eigenvalue weighted by molar-refractivity contribution is 5.93. The number of Topliss-reactive ketones (excluding diaryl/α,β-unsaturated/α-hetero) is 1. The van der Waals surface area contributed by atoms with Crippen LogP contribution in [-0.4, -0.2) is 54.0 Å². The molecule has 0 radical (unpaired) electrons. The molecule has 0 bridgehead atoms. The second-order valence-electron chi connectivity index (χ2n) is 12.9. The summed E-state index contributed by atoms with van der Waals surface area (Å²) in [5.41, 5.74) is 6.39. The second-order valence-corrected chi connectivity index (χ2v) is 12.9. The number of carbonyl (C=O) groups is 4. The zero-order valence-corrected chi connectivity index (χ0v) is 25.5. The highest BCUT2D eigenvalue weighted by atomic mass is 19.1. The van der Waals surface area contributed by atoms with Crippen molar-refractivity contribution >= 4 is 23.6 Å². The smallest absolute Gasteiger partial charge is 0.344 e. The third-order valence-corrected chi connectivity index (χ3v) is 8.73. The Morgan fingerprint density at radius 1 is 0.977 bits per heavy atom. The topological polar surface area (TPSA) is 116 Å². The van der Waals surface area contributed by atoms with Gasteiger partial charge in [0.15, 0.2) is 5.78 Å². The van der Waals surface area contributed by atoms with Crippen molar-refractivity contribution in [2.24, 2.45) is 23.0 Å². The number of ether oxygens (including phenoxy) is 2. The summed E-state index contributed by atoms with van der Waals surface area (Å²) in [5.74, 6) is -2.43. The highest BCUT2D eigenvalue weighted by Crippen LogP contribution is 2.38. The first-order valence-corrected chi connectivity index (χ1v) is 15.1. The fourth-order valence-electron chi connectivity index (χ4n) is 6.18. The molecule has 3 atom stereocenters. The third-order valence-electron chi connectivity index (χ3n) is 8.73. The van der Waals surface area contributed by atoms with Crippen LogP contribution in [0.5, 0.6) is 0 Å². The van der Waals surface area contributed by atoms with E-state index in [1.165, 1.54) is 12.1 Å². The lowest BCUT2D eigenvalue weighted by Crippen LogP contribution is -2.47. The lowest BCUT2D eigenvalue weighted by atomic mass is 9.78. The number of rotatable bonds is 9. The number of esters is 2. The van der Waals surface area contributed by atoms with Crippen LogP contribution in [0, 0.1) is 23.1 Å². The van der Waals surface area contributed by atoms with Crippen LogP contribution in [0.3, 0.4) is 0 Å². The summed E-state index contributed by atoms with van der Waals surface area (Å²) in [6, 6.07) is 13.1. The molecule has 1 unspecified atom stereocenters. The van der Waals surface area contributed by atoms with Gasteiger partial charge in [-0.15, -0.1) is 0 Å². The molecule has 232 valence electrons. The number of halogens is 1. The molecule has 4 rings (SSSR count). The quantitative estimate of drug-likeness (QED) is 0.314. The molecule has 9 heteroatoms. The molecular formula is C34H43FN2O6. The van der Waals surface area contributed by atoms with Gasteiger partial charge in [0.2, 0.25) is 12.7 Å². The van der Waals surface area contributed by atoms with Gasteiger partial charge in [0.25, 0.3) is 0 Å². The molecule has 2 fully saturated rings. The average Bonchev–Trinajstić information content (AvgIpc) is 3.42. The minimum absolute atomic E-state index is 0.0105. The van der Waals surface area contributed by atoms with E-state index in [9.17, 15) is 23.6 Å². The summed E-state index contributed by atoms with van der Waals surface area (Å²) < 4.78 is 24.8. The van der Waals surface area contributed by atoms with Crippen molar-refractivity contribution in [2.75, 3.05) is 13.3 Å². The number of carbonyl (C=O) groups excluding carboxylic acids is 4. The molecule has 2 aromatic rings. The first kappa shape index (κ1) is 32.3. The molecule has 1 amide bonds. The van der Waals surface area contributed by atoms with E-state index in [4.69, 9.17) is 15.2 Å². The van der Waals surface area contributed by atoms with E-state index in [1.54, 1.807) is 25.7 Å². The SMILES string of the molecule is CC(N)C1CCC(C(=O)N2CC[C@@H](c3ccccc3)[C@H]2C(=O)Cc2ccc(C(=O)OCOC(=O)C(C)(C)C)c(F)c2)CC1. The van der Waals surface area contributed by atoms with Crippen LogP contribution in [0.25, 0.3) is 0 Å². The molecule has 1 aliphatic heterocycles. The Morgan fingerprint density at radius 3 is 2.26 bits per heavy atom. The van der Waals surface area contributed by atoms with Crippen LogP contribution in [-0.2, 0) is 30.3 Å². The summed E-state index contributed by atoms with van der Waals surface area (Å²) >= 11 is 0. The largest absolute Gasteiger partial charge is 0.427 e. The molecule has 1 saturated heterocycles. The van der Waals surface area contributed by atoms with Crippen molar-refractivity contribution in [3.05, 3.63) is 71.0 Å². The number of ketones is 1. The number of benzene rings is 2. The number of nitrogens with zero attached hydrogens (tertiary/aromatic N) is 1. The van der Waals surface area contributed by atoms with Gasteiger partial charge in [0.05, 0.1) is 17.0 Å². The number of hydrogen-bond acceptors (Lipinski definition) is 7. The summed E-state index contributed by atoms with van der Waals surface area (Å²) in [4.78, 5) is 53.7. The molecule has 1 aliphatic carbocycles. The van der Waals surface area contributed by atoms with E-state index in [0.29, 0.717) is 24.4 Å². The van der Waals surface area contributed by atoms with Gasteiger partial charge in [0.1, 0.15) is 5.82 Å². The Labute approximate surface area is 253 Å². The highest BCUT2D eigenvalue weighted by Gasteiger charge is 2.44. The standard InChI is InChI=1S/C34H43FN2O6/c1-21(36)23-11-13-25(14-12-23)31(39)37-17-16-26(24-8-6-5-7-9-24)30(37)29(38)19-22-10-15-27(28(35)18-22)32(40)42-20-43-33(41)34(2,3)4/h5-10,15,18,21,23,25-26,30H,11-14,16-17,19-20,36H2,1-4H3/t21?,23?,25?,26-,30-/m0/s1. The monoisotopic (exact) mass is 594 g/mol. The second kappa shape index (κ2) is 13.8. The molecule has 2 aromatic carbocycles. The van der Waals surface area contributed by atoms with Crippen LogP contribution in [0.4, 0.5) is 4.39 Å². The van der Waals surface area contributed by atoms with Crippen molar-refractivity contribution < 1.29 is 33.0 Å². The third kappa shape index (κ3) is 7.88. The predicted octanol–water partition coefficient (Wildman–Crippen LogP) is 5.18. The van der Waals surface area contributed by atoms with Gasteiger partial charge < -0.3 is 20.1 Å². The van der Waals surface area contributed by atoms with E-state index in [-0.39, 0.29) is 41.6 Å². The Hall–Kier alpha value is -3.59. The number of likely N-dealkylation sites (tertiary alicyclic amines) is 1. The van der Waals surface area contributed by atoms with E-state index in [2.05, 4.69) is 0 Å². The van der Waals surface area contributed by atoms with Crippen molar-refractivity contribution in [1.29, 1.82) is 0 Å². The van der Waals surface area contributed by atoms with Gasteiger partial charge in [-0.05, 0) is 89.0 Å².